The van der Waals surface area contributed by atoms with Crippen LogP contribution in [-0.2, 0) is 10.3 Å². The molecule has 1 saturated carbocycles. The van der Waals surface area contributed by atoms with E-state index in [-0.39, 0.29) is 0 Å². The number of anilines is 1. The van der Waals surface area contributed by atoms with Crippen molar-refractivity contribution in [1.82, 2.24) is 0 Å². The lowest BCUT2D eigenvalue weighted by atomic mass is 9.72. The third kappa shape index (κ3) is 3.44. The SMILES string of the molecule is CCCCC1(O)CCCC(c2ccc3c(c2)C(C)(C)OC(=O)N3)C1. The molecule has 2 aliphatic rings. The molecule has 1 aromatic carbocycles. The van der Waals surface area contributed by atoms with Gasteiger partial charge in [0.1, 0.15) is 5.60 Å². The van der Waals surface area contributed by atoms with E-state index in [0.717, 1.165) is 56.2 Å². The highest BCUT2D eigenvalue weighted by Gasteiger charge is 2.37. The van der Waals surface area contributed by atoms with Crippen LogP contribution in [0.2, 0.25) is 0 Å². The molecule has 2 unspecified atom stereocenters. The Balaban J connectivity index is 1.84. The molecule has 1 aliphatic carbocycles. The van der Waals surface area contributed by atoms with Crippen molar-refractivity contribution < 1.29 is 14.6 Å². The highest BCUT2D eigenvalue weighted by Crippen LogP contribution is 2.43. The Morgan fingerprint density at radius 3 is 2.92 bits per heavy atom. The van der Waals surface area contributed by atoms with Crippen LogP contribution in [0.4, 0.5) is 10.5 Å². The lowest BCUT2D eigenvalue weighted by molar-refractivity contribution is -0.0128. The average molecular weight is 331 g/mol. The van der Waals surface area contributed by atoms with Gasteiger partial charge in [0.2, 0.25) is 0 Å². The Kier molecular flexibility index (Phi) is 4.60. The number of benzene rings is 1. The molecule has 4 heteroatoms. The van der Waals surface area contributed by atoms with Crippen LogP contribution in [0, 0.1) is 0 Å². The zero-order valence-electron chi connectivity index (χ0n) is 15.0. The van der Waals surface area contributed by atoms with Crippen LogP contribution in [-0.4, -0.2) is 16.8 Å². The molecule has 132 valence electrons. The number of carbonyl (C=O) groups excluding carboxylic acids is 1. The minimum atomic E-state index is -0.624. The molecule has 4 nitrogen and oxygen atoms in total. The Morgan fingerprint density at radius 2 is 2.17 bits per heavy atom. The molecule has 1 amide bonds. The second-order valence-corrected chi connectivity index (χ2v) is 7.95. The van der Waals surface area contributed by atoms with E-state index in [9.17, 15) is 9.90 Å². The van der Waals surface area contributed by atoms with Crippen LogP contribution in [0.5, 0.6) is 0 Å². The van der Waals surface area contributed by atoms with Gasteiger partial charge in [-0.2, -0.15) is 0 Å². The first-order valence-corrected chi connectivity index (χ1v) is 9.20. The molecule has 0 bridgehead atoms. The summed E-state index contributed by atoms with van der Waals surface area (Å²) < 4.78 is 5.44. The number of cyclic esters (lactones) is 1. The number of hydrogen-bond acceptors (Lipinski definition) is 3. The largest absolute Gasteiger partial charge is 0.438 e. The Labute approximate surface area is 144 Å². The molecule has 3 rings (SSSR count). The fourth-order valence-corrected chi connectivity index (χ4v) is 4.20. The Bertz CT molecular complexity index is 625. The van der Waals surface area contributed by atoms with Crippen LogP contribution >= 0.6 is 0 Å². The summed E-state index contributed by atoms with van der Waals surface area (Å²) >= 11 is 0. The Morgan fingerprint density at radius 1 is 1.38 bits per heavy atom. The Hall–Kier alpha value is -1.55. The van der Waals surface area contributed by atoms with Crippen molar-refractivity contribution in [3.05, 3.63) is 29.3 Å². The molecule has 0 radical (unpaired) electrons. The van der Waals surface area contributed by atoms with Gasteiger partial charge in [0.25, 0.3) is 0 Å². The summed E-state index contributed by atoms with van der Waals surface area (Å²) in [6, 6.07) is 6.23. The number of nitrogens with one attached hydrogen (secondary N) is 1. The fraction of sp³-hybridized carbons (Fsp3) is 0.650. The number of rotatable bonds is 4. The maximum Gasteiger partial charge on any atom is 0.412 e. The van der Waals surface area contributed by atoms with Gasteiger partial charge in [-0.1, -0.05) is 25.8 Å². The molecular weight excluding hydrogens is 302 g/mol. The second kappa shape index (κ2) is 6.40. The second-order valence-electron chi connectivity index (χ2n) is 7.95. The van der Waals surface area contributed by atoms with Gasteiger partial charge in [0, 0.05) is 5.56 Å². The standard InChI is InChI=1S/C20H29NO3/c1-4-5-10-20(23)11-6-7-15(13-20)14-8-9-17-16(12-14)19(2,3)24-18(22)21-17/h8-9,12,15,23H,4-7,10-11,13H2,1-3H3,(H,21,22). The molecule has 1 heterocycles. The van der Waals surface area contributed by atoms with E-state index in [4.69, 9.17) is 4.74 Å². The molecule has 0 spiro atoms. The summed E-state index contributed by atoms with van der Waals surface area (Å²) in [6.07, 6.45) is 6.64. The summed E-state index contributed by atoms with van der Waals surface area (Å²) in [4.78, 5) is 11.6. The number of amides is 1. The minimum Gasteiger partial charge on any atom is -0.438 e. The molecule has 24 heavy (non-hydrogen) atoms. The first kappa shape index (κ1) is 17.3. The number of ether oxygens (including phenoxy) is 1. The van der Waals surface area contributed by atoms with Crippen LogP contribution in [0.1, 0.15) is 82.8 Å². The van der Waals surface area contributed by atoms with Gasteiger partial charge in [0.15, 0.2) is 0 Å². The minimum absolute atomic E-state index is 0.374. The topological polar surface area (TPSA) is 58.6 Å². The van der Waals surface area contributed by atoms with Crippen molar-refractivity contribution in [3.8, 4) is 0 Å². The third-order valence-corrected chi connectivity index (χ3v) is 5.57. The zero-order chi connectivity index (χ0) is 17.4. The third-order valence-electron chi connectivity index (χ3n) is 5.57. The first-order chi connectivity index (χ1) is 11.3. The maximum atomic E-state index is 11.6. The lowest BCUT2D eigenvalue weighted by Crippen LogP contribution is -2.36. The van der Waals surface area contributed by atoms with Crippen molar-refractivity contribution in [2.24, 2.45) is 0 Å². The fourth-order valence-electron chi connectivity index (χ4n) is 4.20. The van der Waals surface area contributed by atoms with Crippen LogP contribution in [0.25, 0.3) is 0 Å². The van der Waals surface area contributed by atoms with Crippen molar-refractivity contribution >= 4 is 11.8 Å². The highest BCUT2D eigenvalue weighted by molar-refractivity contribution is 5.88. The normalized spacial score (nSPS) is 28.7. The van der Waals surface area contributed by atoms with E-state index in [0.29, 0.717) is 5.92 Å². The quantitative estimate of drug-likeness (QED) is 0.810. The molecule has 2 atom stereocenters. The lowest BCUT2D eigenvalue weighted by Gasteiger charge is -2.38. The van der Waals surface area contributed by atoms with E-state index >= 15 is 0 Å². The van der Waals surface area contributed by atoms with Crippen LogP contribution < -0.4 is 5.32 Å². The summed E-state index contributed by atoms with van der Waals surface area (Å²) in [7, 11) is 0. The van der Waals surface area contributed by atoms with Crippen molar-refractivity contribution in [2.75, 3.05) is 5.32 Å². The molecule has 2 N–H and O–H groups in total. The number of unbranched alkanes of at least 4 members (excludes halogenated alkanes) is 1. The molecule has 1 aliphatic heterocycles. The van der Waals surface area contributed by atoms with E-state index in [1.807, 2.05) is 19.9 Å². The summed E-state index contributed by atoms with van der Waals surface area (Å²) in [5.41, 5.74) is 1.95. The van der Waals surface area contributed by atoms with Crippen molar-refractivity contribution in [1.29, 1.82) is 0 Å². The number of fused-ring (bicyclic) bond motifs is 1. The van der Waals surface area contributed by atoms with Gasteiger partial charge >= 0.3 is 6.09 Å². The summed E-state index contributed by atoms with van der Waals surface area (Å²) in [6.45, 7) is 6.02. The predicted molar refractivity (Wildman–Crippen MR) is 95.3 cm³/mol. The monoisotopic (exact) mass is 331 g/mol. The highest BCUT2D eigenvalue weighted by atomic mass is 16.6. The molecule has 1 aromatic rings. The smallest absolute Gasteiger partial charge is 0.412 e. The molecule has 0 saturated heterocycles. The zero-order valence-corrected chi connectivity index (χ0v) is 15.0. The number of carbonyl (C=O) groups is 1. The van der Waals surface area contributed by atoms with Gasteiger partial charge in [-0.3, -0.25) is 5.32 Å². The van der Waals surface area contributed by atoms with E-state index in [2.05, 4.69) is 24.4 Å². The van der Waals surface area contributed by atoms with Crippen molar-refractivity contribution in [2.45, 2.75) is 82.8 Å². The maximum absolute atomic E-state index is 11.6. The van der Waals surface area contributed by atoms with Gasteiger partial charge in [-0.25, -0.2) is 4.79 Å². The predicted octanol–water partition coefficient (Wildman–Crippen LogP) is 5.06. The van der Waals surface area contributed by atoms with Gasteiger partial charge in [-0.15, -0.1) is 0 Å². The summed E-state index contributed by atoms with van der Waals surface area (Å²) in [5, 5.41) is 13.7. The average Bonchev–Trinajstić information content (AvgIpc) is 2.52. The van der Waals surface area contributed by atoms with E-state index in [1.165, 1.54) is 5.56 Å². The van der Waals surface area contributed by atoms with Crippen LogP contribution in [0.15, 0.2) is 18.2 Å². The van der Waals surface area contributed by atoms with Gasteiger partial charge < -0.3 is 9.84 Å². The molecule has 0 aromatic heterocycles. The number of aliphatic hydroxyl groups is 1. The van der Waals surface area contributed by atoms with E-state index < -0.39 is 17.3 Å². The van der Waals surface area contributed by atoms with Crippen LogP contribution in [0.3, 0.4) is 0 Å². The van der Waals surface area contributed by atoms with Gasteiger partial charge in [-0.05, 0) is 69.6 Å². The molecular formula is C20H29NO3. The van der Waals surface area contributed by atoms with Gasteiger partial charge in [0.05, 0.1) is 11.3 Å². The van der Waals surface area contributed by atoms with Crippen molar-refractivity contribution in [3.63, 3.8) is 0 Å². The first-order valence-electron chi connectivity index (χ1n) is 9.20. The molecule has 1 fully saturated rings. The number of hydrogen-bond donors (Lipinski definition) is 2. The summed E-state index contributed by atoms with van der Waals surface area (Å²) in [5.74, 6) is 0.374. The van der Waals surface area contributed by atoms with E-state index in [1.54, 1.807) is 0 Å².